The van der Waals surface area contributed by atoms with Gasteiger partial charge >= 0.3 is 5.97 Å². The summed E-state index contributed by atoms with van der Waals surface area (Å²) in [5.41, 5.74) is 2.66. The van der Waals surface area contributed by atoms with Gasteiger partial charge in [-0.2, -0.15) is 0 Å². The standard InChI is InChI=1S/C23H25N3O4/c1-5-26-20-12-11-18(13-19(20)24-15(2)21(26)27)23(29)30-16(3)22(28)25(4)14-17-9-7-6-8-10-17/h6-13,16H,5,14H2,1-4H3. The molecule has 7 heteroatoms. The van der Waals surface area contributed by atoms with E-state index in [4.69, 9.17) is 4.74 Å². The first-order chi connectivity index (χ1) is 14.3. The van der Waals surface area contributed by atoms with Crippen molar-refractivity contribution in [2.24, 2.45) is 0 Å². The summed E-state index contributed by atoms with van der Waals surface area (Å²) in [7, 11) is 1.67. The number of rotatable bonds is 6. The maximum absolute atomic E-state index is 12.6. The number of ether oxygens (including phenoxy) is 1. The maximum atomic E-state index is 12.6. The molecular formula is C23H25N3O4. The van der Waals surface area contributed by atoms with Crippen LogP contribution in [0.5, 0.6) is 0 Å². The molecule has 2 aromatic carbocycles. The molecule has 1 amide bonds. The van der Waals surface area contributed by atoms with Gasteiger partial charge < -0.3 is 14.2 Å². The van der Waals surface area contributed by atoms with E-state index in [1.165, 1.54) is 4.90 Å². The van der Waals surface area contributed by atoms with Crippen LogP contribution in [-0.4, -0.2) is 39.5 Å². The summed E-state index contributed by atoms with van der Waals surface area (Å²) in [6.45, 7) is 6.00. The van der Waals surface area contributed by atoms with E-state index in [-0.39, 0.29) is 17.0 Å². The van der Waals surface area contributed by atoms with Crippen molar-refractivity contribution in [3.05, 3.63) is 75.7 Å². The van der Waals surface area contributed by atoms with Crippen LogP contribution in [0.2, 0.25) is 0 Å². The predicted octanol–water partition coefficient (Wildman–Crippen LogP) is 2.93. The lowest BCUT2D eigenvalue weighted by Gasteiger charge is -2.21. The van der Waals surface area contributed by atoms with Gasteiger partial charge in [0.05, 0.1) is 16.6 Å². The van der Waals surface area contributed by atoms with E-state index < -0.39 is 12.1 Å². The molecule has 7 nitrogen and oxygen atoms in total. The van der Waals surface area contributed by atoms with Gasteiger partial charge in [-0.1, -0.05) is 30.3 Å². The third kappa shape index (κ3) is 4.40. The van der Waals surface area contributed by atoms with Crippen LogP contribution < -0.4 is 5.56 Å². The van der Waals surface area contributed by atoms with E-state index in [2.05, 4.69) is 4.98 Å². The molecule has 0 fully saturated rings. The number of aromatic nitrogens is 2. The van der Waals surface area contributed by atoms with Gasteiger partial charge in [0.15, 0.2) is 6.10 Å². The van der Waals surface area contributed by atoms with Gasteiger partial charge in [-0.15, -0.1) is 0 Å². The molecule has 1 heterocycles. The molecule has 0 N–H and O–H groups in total. The first-order valence-electron chi connectivity index (χ1n) is 9.83. The van der Waals surface area contributed by atoms with Crippen molar-refractivity contribution in [1.82, 2.24) is 14.5 Å². The Kier molecular flexibility index (Phi) is 6.30. The van der Waals surface area contributed by atoms with Crippen molar-refractivity contribution in [1.29, 1.82) is 0 Å². The lowest BCUT2D eigenvalue weighted by Crippen LogP contribution is -2.37. The summed E-state index contributed by atoms with van der Waals surface area (Å²) in [6.07, 6.45) is -0.929. The second-order valence-electron chi connectivity index (χ2n) is 7.18. The van der Waals surface area contributed by atoms with E-state index >= 15 is 0 Å². The Bertz CT molecular complexity index is 1140. The molecule has 30 heavy (non-hydrogen) atoms. The molecule has 3 aromatic rings. The Morgan fingerprint density at radius 3 is 2.53 bits per heavy atom. The Hall–Kier alpha value is -3.48. The minimum absolute atomic E-state index is 0.152. The SMILES string of the molecule is CCn1c(=O)c(C)nc2cc(C(=O)OC(C)C(=O)N(C)Cc3ccccc3)ccc21. The summed E-state index contributed by atoms with van der Waals surface area (Å²) in [5, 5.41) is 0. The summed E-state index contributed by atoms with van der Waals surface area (Å²) in [5.74, 6) is -0.902. The normalized spacial score (nSPS) is 11.9. The summed E-state index contributed by atoms with van der Waals surface area (Å²) < 4.78 is 7.00. The molecule has 1 unspecified atom stereocenters. The summed E-state index contributed by atoms with van der Waals surface area (Å²) in [4.78, 5) is 43.2. The molecule has 0 saturated heterocycles. The van der Waals surface area contributed by atoms with Crippen molar-refractivity contribution in [2.45, 2.75) is 40.0 Å². The van der Waals surface area contributed by atoms with Crippen LogP contribution in [0, 0.1) is 6.92 Å². The zero-order chi connectivity index (χ0) is 21.8. The number of esters is 1. The number of carbonyl (C=O) groups is 2. The molecule has 3 rings (SSSR count). The van der Waals surface area contributed by atoms with Crippen LogP contribution in [0.4, 0.5) is 0 Å². The first-order valence-corrected chi connectivity index (χ1v) is 9.83. The number of nitrogens with zero attached hydrogens (tertiary/aromatic N) is 3. The van der Waals surface area contributed by atoms with Crippen LogP contribution in [0.25, 0.3) is 11.0 Å². The Balaban J connectivity index is 1.74. The smallest absolute Gasteiger partial charge is 0.338 e. The first kappa shape index (κ1) is 21.2. The molecule has 0 aliphatic rings. The average molecular weight is 407 g/mol. The second-order valence-corrected chi connectivity index (χ2v) is 7.18. The molecule has 0 aliphatic carbocycles. The molecule has 156 valence electrons. The van der Waals surface area contributed by atoms with Crippen LogP contribution in [0.15, 0.2) is 53.3 Å². The molecule has 0 radical (unpaired) electrons. The fourth-order valence-electron chi connectivity index (χ4n) is 3.34. The van der Waals surface area contributed by atoms with E-state index in [0.29, 0.717) is 29.8 Å². The van der Waals surface area contributed by atoms with Gasteiger partial charge in [-0.05, 0) is 44.5 Å². The maximum Gasteiger partial charge on any atom is 0.338 e. The van der Waals surface area contributed by atoms with E-state index in [0.717, 1.165) is 5.56 Å². The Morgan fingerprint density at radius 2 is 1.87 bits per heavy atom. The number of carbonyl (C=O) groups excluding carboxylic acids is 2. The van der Waals surface area contributed by atoms with Crippen molar-refractivity contribution in [3.63, 3.8) is 0 Å². The van der Waals surface area contributed by atoms with Crippen molar-refractivity contribution < 1.29 is 14.3 Å². The van der Waals surface area contributed by atoms with Gasteiger partial charge in [0.1, 0.15) is 5.69 Å². The number of hydrogen-bond donors (Lipinski definition) is 0. The number of amides is 1. The Labute approximate surface area is 174 Å². The highest BCUT2D eigenvalue weighted by Crippen LogP contribution is 2.15. The molecule has 0 bridgehead atoms. The van der Waals surface area contributed by atoms with Crippen molar-refractivity contribution in [3.8, 4) is 0 Å². The fourth-order valence-corrected chi connectivity index (χ4v) is 3.34. The summed E-state index contributed by atoms with van der Waals surface area (Å²) >= 11 is 0. The van der Waals surface area contributed by atoms with Gasteiger partial charge in [0.2, 0.25) is 0 Å². The topological polar surface area (TPSA) is 81.5 Å². The zero-order valence-corrected chi connectivity index (χ0v) is 17.6. The molecule has 0 spiro atoms. The number of likely N-dealkylation sites (N-methyl/N-ethyl adjacent to an activating group) is 1. The average Bonchev–Trinajstić information content (AvgIpc) is 2.74. The van der Waals surface area contributed by atoms with Gasteiger partial charge in [-0.25, -0.2) is 9.78 Å². The van der Waals surface area contributed by atoms with E-state index in [1.54, 1.807) is 43.7 Å². The largest absolute Gasteiger partial charge is 0.449 e. The van der Waals surface area contributed by atoms with Crippen LogP contribution >= 0.6 is 0 Å². The highest BCUT2D eigenvalue weighted by Gasteiger charge is 2.23. The molecule has 0 saturated carbocycles. The lowest BCUT2D eigenvalue weighted by atomic mass is 10.2. The molecule has 0 aliphatic heterocycles. The van der Waals surface area contributed by atoms with Gasteiger partial charge in [0.25, 0.3) is 11.5 Å². The van der Waals surface area contributed by atoms with Gasteiger partial charge in [-0.3, -0.25) is 9.59 Å². The lowest BCUT2D eigenvalue weighted by molar-refractivity contribution is -0.139. The predicted molar refractivity (Wildman–Crippen MR) is 114 cm³/mol. The number of hydrogen-bond acceptors (Lipinski definition) is 5. The number of fused-ring (bicyclic) bond motifs is 1. The Morgan fingerprint density at radius 1 is 1.17 bits per heavy atom. The third-order valence-corrected chi connectivity index (χ3v) is 4.93. The fraction of sp³-hybridized carbons (Fsp3) is 0.304. The van der Waals surface area contributed by atoms with Gasteiger partial charge in [0, 0.05) is 20.1 Å². The second kappa shape index (κ2) is 8.90. The molecular weight excluding hydrogens is 382 g/mol. The van der Waals surface area contributed by atoms with Crippen molar-refractivity contribution in [2.75, 3.05) is 7.05 Å². The highest BCUT2D eigenvalue weighted by atomic mass is 16.5. The zero-order valence-electron chi connectivity index (χ0n) is 17.6. The summed E-state index contributed by atoms with van der Waals surface area (Å²) in [6, 6.07) is 14.4. The number of aryl methyl sites for hydroxylation is 2. The van der Waals surface area contributed by atoms with E-state index in [9.17, 15) is 14.4 Å². The van der Waals surface area contributed by atoms with Crippen LogP contribution in [0.3, 0.4) is 0 Å². The minimum atomic E-state index is -0.929. The highest BCUT2D eigenvalue weighted by molar-refractivity contribution is 5.95. The van der Waals surface area contributed by atoms with Crippen LogP contribution in [0.1, 0.15) is 35.5 Å². The molecule has 1 aromatic heterocycles. The monoisotopic (exact) mass is 407 g/mol. The quantitative estimate of drug-likeness (QED) is 0.587. The third-order valence-electron chi connectivity index (χ3n) is 4.93. The minimum Gasteiger partial charge on any atom is -0.449 e. The van der Waals surface area contributed by atoms with Crippen LogP contribution in [-0.2, 0) is 22.6 Å². The van der Waals surface area contributed by atoms with Crippen molar-refractivity contribution >= 4 is 22.9 Å². The van der Waals surface area contributed by atoms with E-state index in [1.807, 2.05) is 37.3 Å². The molecule has 1 atom stereocenters. The number of benzene rings is 2.